The summed E-state index contributed by atoms with van der Waals surface area (Å²) >= 11 is 0. The maximum Gasteiger partial charge on any atom is 0.238 e. The molecule has 10 rings (SSSR count). The number of hydrogen-bond donors (Lipinski definition) is 0. The molecule has 0 aliphatic heterocycles. The van der Waals surface area contributed by atoms with Crippen molar-refractivity contribution in [2.75, 3.05) is 0 Å². The molecule has 7 nitrogen and oxygen atoms in total. The van der Waals surface area contributed by atoms with Crippen LogP contribution in [0.5, 0.6) is 0 Å². The minimum atomic E-state index is 0.515. The predicted octanol–water partition coefficient (Wildman–Crippen LogP) is 11.8. The molecule has 256 valence electrons. The highest BCUT2D eigenvalue weighted by molar-refractivity contribution is 6.24. The van der Waals surface area contributed by atoms with Crippen molar-refractivity contribution in [1.29, 1.82) is 0 Å². The van der Waals surface area contributed by atoms with Crippen LogP contribution < -0.4 is 0 Å². The average molecular weight is 697 g/mol. The van der Waals surface area contributed by atoms with Crippen LogP contribution in [0.15, 0.2) is 175 Å². The molecule has 0 bridgehead atoms. The molecule has 0 unspecified atom stereocenters. The standard InChI is InChI=1S/C47H32N6O/c1-3-5-20-33(4-2)52-39-23-14-12-21-34(39)36-26-27-37-35-22-13-15-24-40(35)53(43(37)42(36)52)47-50-44(30-16-8-6-9-17-30)49-45(51-47)32-25-28-38-41(29-32)54-46(48-38)31-18-10-7-11-19-31/h3-29H,1H2,2H3/b20-5-,33-4+. The minimum absolute atomic E-state index is 0.515. The Balaban J connectivity index is 1.29. The Morgan fingerprint density at radius 3 is 1.94 bits per heavy atom. The van der Waals surface area contributed by atoms with Gasteiger partial charge in [0.05, 0.1) is 22.1 Å². The molecule has 0 saturated heterocycles. The van der Waals surface area contributed by atoms with Crippen LogP contribution in [0.2, 0.25) is 0 Å². The first-order chi connectivity index (χ1) is 26.7. The number of hydrogen-bond acceptors (Lipinski definition) is 5. The number of oxazole rings is 1. The molecule has 0 fully saturated rings. The molecule has 54 heavy (non-hydrogen) atoms. The van der Waals surface area contributed by atoms with Crippen molar-refractivity contribution in [1.82, 2.24) is 29.1 Å². The van der Waals surface area contributed by atoms with Gasteiger partial charge >= 0.3 is 0 Å². The van der Waals surface area contributed by atoms with Crippen molar-refractivity contribution in [3.63, 3.8) is 0 Å². The fraction of sp³-hybridized carbons (Fsp3) is 0.0213. The van der Waals surface area contributed by atoms with Gasteiger partial charge in [-0.05, 0) is 55.5 Å². The molecule has 4 heterocycles. The van der Waals surface area contributed by atoms with E-state index < -0.39 is 0 Å². The average Bonchev–Trinajstić information content (AvgIpc) is 3.92. The number of aromatic nitrogens is 6. The Hall–Kier alpha value is -7.38. The Bertz CT molecular complexity index is 3130. The largest absolute Gasteiger partial charge is 0.436 e. The van der Waals surface area contributed by atoms with E-state index in [1.165, 1.54) is 0 Å². The number of para-hydroxylation sites is 2. The Kier molecular flexibility index (Phi) is 7.37. The van der Waals surface area contributed by atoms with Crippen LogP contribution in [0, 0.1) is 0 Å². The molecule has 0 aliphatic rings. The lowest BCUT2D eigenvalue weighted by atomic mass is 10.1. The maximum absolute atomic E-state index is 6.29. The first-order valence-corrected chi connectivity index (χ1v) is 17.9. The quantitative estimate of drug-likeness (QED) is 0.155. The van der Waals surface area contributed by atoms with Gasteiger partial charge in [0, 0.05) is 43.9 Å². The first-order valence-electron chi connectivity index (χ1n) is 17.9. The molecular formula is C47H32N6O. The molecule has 0 saturated carbocycles. The topological polar surface area (TPSA) is 74.6 Å². The monoisotopic (exact) mass is 696 g/mol. The van der Waals surface area contributed by atoms with Crippen LogP contribution in [0.25, 0.3) is 101 Å². The van der Waals surface area contributed by atoms with E-state index in [1.54, 1.807) is 6.08 Å². The van der Waals surface area contributed by atoms with Gasteiger partial charge in [-0.1, -0.05) is 122 Å². The first kappa shape index (κ1) is 31.4. The van der Waals surface area contributed by atoms with E-state index in [2.05, 4.69) is 95.5 Å². The van der Waals surface area contributed by atoms with Crippen LogP contribution in [-0.2, 0) is 0 Å². The van der Waals surface area contributed by atoms with E-state index in [-0.39, 0.29) is 0 Å². The molecule has 0 N–H and O–H groups in total. The number of fused-ring (bicyclic) bond motifs is 8. The molecule has 0 amide bonds. The molecule has 0 radical (unpaired) electrons. The fourth-order valence-electron chi connectivity index (χ4n) is 7.52. The van der Waals surface area contributed by atoms with Crippen molar-refractivity contribution in [2.45, 2.75) is 6.92 Å². The maximum atomic E-state index is 6.29. The van der Waals surface area contributed by atoms with Crippen LogP contribution in [0.1, 0.15) is 6.92 Å². The predicted molar refractivity (Wildman–Crippen MR) is 220 cm³/mol. The third-order valence-electron chi connectivity index (χ3n) is 9.95. The molecule has 7 heteroatoms. The third-order valence-corrected chi connectivity index (χ3v) is 9.95. The SMILES string of the molecule is C=C/C=C\C(=C/C)n1c2ccccc2c2ccc3c4ccccc4n(-c4nc(-c5ccccc5)nc(-c5ccc6nc(-c7ccccc7)oc6c5)n4)c3c21. The Morgan fingerprint density at radius 1 is 0.593 bits per heavy atom. The van der Waals surface area contributed by atoms with E-state index in [0.717, 1.165) is 71.5 Å². The third kappa shape index (κ3) is 4.98. The van der Waals surface area contributed by atoms with E-state index in [0.29, 0.717) is 29.1 Å². The molecular weight excluding hydrogens is 665 g/mol. The van der Waals surface area contributed by atoms with Crippen molar-refractivity contribution < 1.29 is 4.42 Å². The summed E-state index contributed by atoms with van der Waals surface area (Å²) in [7, 11) is 0. The lowest BCUT2D eigenvalue weighted by Crippen LogP contribution is -2.07. The van der Waals surface area contributed by atoms with Gasteiger partial charge in [0.15, 0.2) is 17.2 Å². The van der Waals surface area contributed by atoms with E-state index >= 15 is 0 Å². The Morgan fingerprint density at radius 2 is 1.22 bits per heavy atom. The number of benzene rings is 6. The van der Waals surface area contributed by atoms with E-state index in [9.17, 15) is 0 Å². The minimum Gasteiger partial charge on any atom is -0.436 e. The Labute approximate surface area is 310 Å². The van der Waals surface area contributed by atoms with Crippen LogP contribution in [0.4, 0.5) is 0 Å². The highest BCUT2D eigenvalue weighted by Gasteiger charge is 2.23. The second-order valence-electron chi connectivity index (χ2n) is 13.1. The molecule has 6 aromatic carbocycles. The van der Waals surface area contributed by atoms with Crippen LogP contribution >= 0.6 is 0 Å². The van der Waals surface area contributed by atoms with Gasteiger partial charge in [0.2, 0.25) is 11.8 Å². The van der Waals surface area contributed by atoms with E-state index in [1.807, 2.05) is 84.9 Å². The van der Waals surface area contributed by atoms with Crippen molar-refractivity contribution in [2.24, 2.45) is 0 Å². The normalized spacial score (nSPS) is 12.3. The number of rotatable bonds is 7. The van der Waals surface area contributed by atoms with Gasteiger partial charge in [-0.15, -0.1) is 0 Å². The zero-order chi connectivity index (χ0) is 36.2. The molecule has 0 atom stereocenters. The zero-order valence-electron chi connectivity index (χ0n) is 29.4. The van der Waals surface area contributed by atoms with Gasteiger partial charge in [-0.25, -0.2) is 9.97 Å². The number of nitrogens with zero attached hydrogens (tertiary/aromatic N) is 6. The van der Waals surface area contributed by atoms with Crippen LogP contribution in [0.3, 0.4) is 0 Å². The summed E-state index contributed by atoms with van der Waals surface area (Å²) in [4.78, 5) is 20.4. The summed E-state index contributed by atoms with van der Waals surface area (Å²) in [5.74, 6) is 2.18. The molecule has 0 aliphatic carbocycles. The van der Waals surface area contributed by atoms with Crippen molar-refractivity contribution in [3.05, 3.63) is 170 Å². The summed E-state index contributed by atoms with van der Waals surface area (Å²) in [6.45, 7) is 6.01. The summed E-state index contributed by atoms with van der Waals surface area (Å²) in [5, 5.41) is 4.50. The lowest BCUT2D eigenvalue weighted by Gasteiger charge is -2.13. The smallest absolute Gasteiger partial charge is 0.238 e. The van der Waals surface area contributed by atoms with Gasteiger partial charge < -0.3 is 8.98 Å². The van der Waals surface area contributed by atoms with Crippen LogP contribution in [-0.4, -0.2) is 29.1 Å². The summed E-state index contributed by atoms with van der Waals surface area (Å²) in [6, 6.07) is 47.4. The highest BCUT2D eigenvalue weighted by atomic mass is 16.3. The molecule has 4 aromatic heterocycles. The second-order valence-corrected chi connectivity index (χ2v) is 13.1. The second kappa shape index (κ2) is 12.7. The van der Waals surface area contributed by atoms with Gasteiger partial charge in [0.1, 0.15) is 5.52 Å². The zero-order valence-corrected chi connectivity index (χ0v) is 29.4. The fourth-order valence-corrected chi connectivity index (χ4v) is 7.52. The van der Waals surface area contributed by atoms with E-state index in [4.69, 9.17) is 24.4 Å². The van der Waals surface area contributed by atoms with Crippen molar-refractivity contribution >= 4 is 60.4 Å². The molecule has 0 spiro atoms. The van der Waals surface area contributed by atoms with Gasteiger partial charge in [0.25, 0.3) is 0 Å². The summed E-state index contributed by atoms with van der Waals surface area (Å²) in [6.07, 6.45) is 8.02. The lowest BCUT2D eigenvalue weighted by molar-refractivity contribution is 0.620. The summed E-state index contributed by atoms with van der Waals surface area (Å²) in [5.41, 5.74) is 9.22. The number of allylic oxidation sites excluding steroid dienone is 5. The molecule has 10 aromatic rings. The van der Waals surface area contributed by atoms with Crippen molar-refractivity contribution in [3.8, 4) is 40.2 Å². The van der Waals surface area contributed by atoms with Gasteiger partial charge in [-0.3, -0.25) is 4.57 Å². The highest BCUT2D eigenvalue weighted by Crippen LogP contribution is 2.41. The van der Waals surface area contributed by atoms with Gasteiger partial charge in [-0.2, -0.15) is 9.97 Å². The summed E-state index contributed by atoms with van der Waals surface area (Å²) < 4.78 is 10.8.